The van der Waals surface area contributed by atoms with Gasteiger partial charge in [-0.05, 0) is 0 Å². The maximum atomic E-state index is 7.40. The number of rotatable bonds is 4. The molecule has 0 amide bonds. The lowest BCUT2D eigenvalue weighted by Crippen LogP contribution is -2.68. The molecule has 0 unspecified atom stereocenters. The third kappa shape index (κ3) is 2.61. The largest absolute Gasteiger partial charge is 0.587 e. The number of hydrogen-bond acceptors (Lipinski definition) is 0. The van der Waals surface area contributed by atoms with Gasteiger partial charge in [-0.1, -0.05) is 58.9 Å². The van der Waals surface area contributed by atoms with Crippen molar-refractivity contribution in [2.45, 2.75) is 62.8 Å². The van der Waals surface area contributed by atoms with Crippen molar-refractivity contribution in [1.82, 2.24) is 0 Å². The highest BCUT2D eigenvalue weighted by Crippen LogP contribution is 2.52. The van der Waals surface area contributed by atoms with Gasteiger partial charge >= 0.3 is 9.68 Å². The summed E-state index contributed by atoms with van der Waals surface area (Å²) >= 11 is 0. The second-order valence-electron chi connectivity index (χ2n) is 7.72. The van der Waals surface area contributed by atoms with Gasteiger partial charge in [-0.15, -0.1) is 0 Å². The average Bonchev–Trinajstić information content (AvgIpc) is 1.91. The fourth-order valence-electron chi connectivity index (χ4n) is 3.96. The van der Waals surface area contributed by atoms with Crippen molar-refractivity contribution in [3.05, 3.63) is 11.1 Å². The van der Waals surface area contributed by atoms with Crippen LogP contribution in [0.1, 0.15) is 0 Å². The van der Waals surface area contributed by atoms with E-state index in [1.165, 1.54) is 0 Å². The minimum absolute atomic E-state index is 0.453. The summed E-state index contributed by atoms with van der Waals surface area (Å²) in [5.41, 5.74) is 0. The Hall–Kier alpha value is 0.358. The smallest absolute Gasteiger partial charge is 0.403 e. The molecule has 0 saturated heterocycles. The van der Waals surface area contributed by atoms with Gasteiger partial charge in [-0.3, -0.25) is 6.57 Å². The summed E-state index contributed by atoms with van der Waals surface area (Å²) in [6.07, 6.45) is 0. The fourth-order valence-corrected chi connectivity index (χ4v) is 35.7. The molecule has 92 valence electrons. The molecule has 16 heavy (non-hydrogen) atoms. The molecule has 0 N–H and O–H groups in total. The van der Waals surface area contributed by atoms with E-state index in [2.05, 4.69) is 63.4 Å². The fraction of sp³-hybridized carbons (Fsp3) is 0.909. The molecule has 0 aromatic rings. The van der Waals surface area contributed by atoms with Crippen LogP contribution in [0.4, 0.5) is 0 Å². The van der Waals surface area contributed by atoms with Crippen LogP contribution in [0.2, 0.25) is 62.8 Å². The van der Waals surface area contributed by atoms with E-state index in [1.54, 1.807) is 0 Å². The second kappa shape index (κ2) is 4.56. The Labute approximate surface area is 108 Å². The van der Waals surface area contributed by atoms with Crippen molar-refractivity contribution in [3.63, 3.8) is 0 Å². The molecule has 0 spiro atoms. The third-order valence-electron chi connectivity index (χ3n) is 3.60. The van der Waals surface area contributed by atoms with Gasteiger partial charge in [0.05, 0.1) is 24.2 Å². The Morgan fingerprint density at radius 2 is 1.00 bits per heavy atom. The van der Waals surface area contributed by atoms with Crippen molar-refractivity contribution in [1.29, 1.82) is 0 Å². The molecule has 0 saturated carbocycles. The lowest BCUT2D eigenvalue weighted by molar-refractivity contribution is 1.23. The van der Waals surface area contributed by atoms with Gasteiger partial charge in [0.15, 0.2) is 0 Å². The molecule has 0 aromatic carbocycles. The topological polar surface area (TPSA) is 4.36 Å². The molecule has 1 nitrogen and oxygen atoms in total. The van der Waals surface area contributed by atoms with E-state index >= 15 is 0 Å². The van der Waals surface area contributed by atoms with Crippen molar-refractivity contribution in [2.75, 3.05) is 0 Å². The minimum atomic E-state index is -1.31. The highest BCUT2D eigenvalue weighted by Gasteiger charge is 2.65. The average molecular weight is 286 g/mol. The van der Waals surface area contributed by atoms with Gasteiger partial charge < -0.3 is 4.51 Å². The number of hydrogen-bond donors (Lipinski definition) is 0. The molecular weight excluding hydrogens is 258 g/mol. The summed E-state index contributed by atoms with van der Waals surface area (Å²) in [7, 11) is -3.41. The molecule has 0 fully saturated rings. The van der Waals surface area contributed by atoms with Gasteiger partial charge in [0.25, 0.3) is 0 Å². The molecule has 0 aliphatic heterocycles. The van der Waals surface area contributed by atoms with Crippen molar-refractivity contribution in [2.24, 2.45) is 0 Å². The van der Waals surface area contributed by atoms with Gasteiger partial charge in [-0.2, -0.15) is 0 Å². The van der Waals surface area contributed by atoms with E-state index < -0.39 is 24.2 Å². The molecule has 0 aromatic heterocycles. The summed E-state index contributed by atoms with van der Waals surface area (Å²) in [5, 5.41) is 0. The van der Waals surface area contributed by atoms with Crippen molar-refractivity contribution < 1.29 is 0 Å². The number of nitrogens with zero attached hydrogens (tertiary/aromatic N) is 1. The quantitative estimate of drug-likeness (QED) is 0.535. The predicted molar refractivity (Wildman–Crippen MR) is 85.1 cm³/mol. The lowest BCUT2D eigenvalue weighted by atomic mass is 11.6. The Morgan fingerprint density at radius 1 is 0.750 bits per heavy atom. The minimum Gasteiger partial charge on any atom is -0.403 e. The van der Waals surface area contributed by atoms with E-state index in [-0.39, 0.29) is 0 Å². The molecule has 2 radical (unpaired) electrons. The van der Waals surface area contributed by atoms with E-state index in [9.17, 15) is 0 Å². The molecule has 0 bridgehead atoms. The highest BCUT2D eigenvalue weighted by molar-refractivity contribution is 7.23. The Morgan fingerprint density at radius 3 is 1.06 bits per heavy atom. The second-order valence-corrected chi connectivity index (χ2v) is 27.7. The molecule has 0 atom stereocenters. The predicted octanol–water partition coefficient (Wildman–Crippen LogP) is 4.32. The van der Waals surface area contributed by atoms with Crippen molar-refractivity contribution >= 4 is 33.9 Å². The maximum Gasteiger partial charge on any atom is 0.587 e. The van der Waals surface area contributed by atoms with Crippen LogP contribution in [0.25, 0.3) is 4.51 Å². The zero-order valence-electron chi connectivity index (χ0n) is 12.4. The summed E-state index contributed by atoms with van der Waals surface area (Å²) in [4.78, 5) is 0. The van der Waals surface area contributed by atoms with Crippen LogP contribution in [0, 0.1) is 6.57 Å². The van der Waals surface area contributed by atoms with Crippen molar-refractivity contribution in [3.8, 4) is 0 Å². The van der Waals surface area contributed by atoms with Crippen LogP contribution in [-0.2, 0) is 0 Å². The lowest BCUT2D eigenvalue weighted by Gasteiger charge is -2.54. The van der Waals surface area contributed by atoms with Gasteiger partial charge in [0, 0.05) is 3.91 Å². The standard InChI is InChI=1S/C11H27NSi4/c1-12-13-11(14(2,3)4,15(5,6)7)16(8,9)10/h2-10H3. The molecule has 0 aliphatic rings. The monoisotopic (exact) mass is 285 g/mol. The highest BCUT2D eigenvalue weighted by atomic mass is 28.5. The molecule has 5 heteroatoms. The van der Waals surface area contributed by atoms with Gasteiger partial charge in [0.2, 0.25) is 0 Å². The summed E-state index contributed by atoms with van der Waals surface area (Å²) < 4.78 is 4.34. The van der Waals surface area contributed by atoms with Crippen LogP contribution in [0.3, 0.4) is 0 Å². The Balaban J connectivity index is 5.95. The Kier molecular flexibility index (Phi) is 4.66. The van der Waals surface area contributed by atoms with E-state index in [1.807, 2.05) is 0 Å². The molecule has 0 aliphatic carbocycles. The van der Waals surface area contributed by atoms with Gasteiger partial charge in [-0.25, -0.2) is 0 Å². The van der Waals surface area contributed by atoms with Crippen LogP contribution >= 0.6 is 0 Å². The maximum absolute atomic E-state index is 7.40. The van der Waals surface area contributed by atoms with E-state index in [4.69, 9.17) is 6.57 Å². The molecule has 0 rings (SSSR count). The summed E-state index contributed by atoms with van der Waals surface area (Å²) in [5.74, 6) is 0. The molecule has 0 heterocycles. The first-order valence-electron chi connectivity index (χ1n) is 5.95. The van der Waals surface area contributed by atoms with Crippen LogP contribution < -0.4 is 0 Å². The van der Waals surface area contributed by atoms with Crippen LogP contribution in [0.15, 0.2) is 0 Å². The van der Waals surface area contributed by atoms with Gasteiger partial charge in [0.1, 0.15) is 0 Å². The summed E-state index contributed by atoms with van der Waals surface area (Å²) in [6, 6.07) is 0. The first kappa shape index (κ1) is 16.4. The first-order chi connectivity index (χ1) is 6.81. The zero-order valence-corrected chi connectivity index (χ0v) is 16.4. The SMILES string of the molecule is [C-]#[N+][Si]C([Si](C)(C)C)([Si](C)(C)C)[Si](C)(C)C. The third-order valence-corrected chi connectivity index (χ3v) is 32.1. The first-order valence-corrected chi connectivity index (χ1v) is 17.4. The van der Waals surface area contributed by atoms with Crippen LogP contribution in [-0.4, -0.2) is 33.9 Å². The van der Waals surface area contributed by atoms with E-state index in [0.717, 1.165) is 0 Å². The van der Waals surface area contributed by atoms with E-state index in [0.29, 0.717) is 13.6 Å². The summed E-state index contributed by atoms with van der Waals surface area (Å²) in [6.45, 7) is 29.8. The Bertz CT molecular complexity index is 249. The zero-order chi connectivity index (χ0) is 13.4. The van der Waals surface area contributed by atoms with Crippen LogP contribution in [0.5, 0.6) is 0 Å². The molecular formula is C11H27NSi4. The normalized spacial score (nSPS) is 14.8.